The number of hydrogen-bond acceptors (Lipinski definition) is 5. The van der Waals surface area contributed by atoms with E-state index in [0.29, 0.717) is 5.75 Å². The highest BCUT2D eigenvalue weighted by molar-refractivity contribution is 5.88. The number of rotatable bonds is 5. The van der Waals surface area contributed by atoms with Crippen LogP contribution in [0.3, 0.4) is 0 Å². The van der Waals surface area contributed by atoms with Crippen molar-refractivity contribution in [3.8, 4) is 5.75 Å². The molecule has 1 saturated carbocycles. The number of carbonyl (C=O) groups excluding carboxylic acids is 1. The van der Waals surface area contributed by atoms with Crippen molar-refractivity contribution in [2.75, 3.05) is 13.7 Å². The van der Waals surface area contributed by atoms with E-state index < -0.39 is 6.10 Å². The number of nitrogens with zero attached hydrogens (tertiary/aromatic N) is 1. The molecule has 1 aliphatic rings. The van der Waals surface area contributed by atoms with E-state index in [1.807, 2.05) is 38.1 Å². The van der Waals surface area contributed by atoms with Crippen molar-refractivity contribution in [3.63, 3.8) is 0 Å². The van der Waals surface area contributed by atoms with Gasteiger partial charge < -0.3 is 19.9 Å². The Labute approximate surface area is 153 Å². The zero-order chi connectivity index (χ0) is 18.7. The van der Waals surface area contributed by atoms with E-state index in [1.54, 1.807) is 7.11 Å². The summed E-state index contributed by atoms with van der Waals surface area (Å²) >= 11 is 0. The van der Waals surface area contributed by atoms with Gasteiger partial charge in [-0.3, -0.25) is 9.78 Å². The van der Waals surface area contributed by atoms with E-state index in [-0.39, 0.29) is 24.7 Å². The summed E-state index contributed by atoms with van der Waals surface area (Å²) in [7, 11) is 1.58. The lowest BCUT2D eigenvalue weighted by Crippen LogP contribution is -2.52. The van der Waals surface area contributed by atoms with E-state index in [0.717, 1.165) is 41.4 Å². The van der Waals surface area contributed by atoms with Gasteiger partial charge in [-0.2, -0.15) is 0 Å². The average molecular weight is 358 g/mol. The fourth-order valence-electron chi connectivity index (χ4n) is 3.55. The Kier molecular flexibility index (Phi) is 5.74. The number of pyridine rings is 1. The summed E-state index contributed by atoms with van der Waals surface area (Å²) in [6.07, 6.45) is 1.54. The van der Waals surface area contributed by atoms with Gasteiger partial charge in [0, 0.05) is 24.3 Å². The maximum Gasteiger partial charge on any atom is 0.258 e. The van der Waals surface area contributed by atoms with Crippen LogP contribution in [0, 0.1) is 13.8 Å². The minimum atomic E-state index is -0.690. The van der Waals surface area contributed by atoms with Crippen LogP contribution in [0.2, 0.25) is 0 Å². The number of aryl methyl sites for hydroxylation is 2. The molecule has 6 nitrogen and oxygen atoms in total. The maximum atomic E-state index is 12.3. The normalized spacial score (nSPS) is 23.0. The smallest absolute Gasteiger partial charge is 0.258 e. The molecule has 0 bridgehead atoms. The van der Waals surface area contributed by atoms with Crippen LogP contribution in [-0.4, -0.2) is 48.0 Å². The molecule has 1 heterocycles. The van der Waals surface area contributed by atoms with Crippen LogP contribution in [0.25, 0.3) is 10.9 Å². The monoisotopic (exact) mass is 358 g/mol. The summed E-state index contributed by atoms with van der Waals surface area (Å²) < 4.78 is 11.1. The lowest BCUT2D eigenvalue weighted by molar-refractivity contribution is -0.126. The van der Waals surface area contributed by atoms with Crippen molar-refractivity contribution in [1.29, 1.82) is 0 Å². The molecule has 0 spiro atoms. The predicted octanol–water partition coefficient (Wildman–Crippen LogP) is 2.28. The SMILES string of the molecule is CO[C@@H]1CCC[C@@H](NC(=O)COc2cc(C)nc3c(C)cccc23)[C@H]1O. The standard InChI is InChI=1S/C20H26N2O4/c1-12-6-4-7-14-17(10-13(2)21-19(12)14)26-11-18(23)22-15-8-5-9-16(25-3)20(15)24/h4,6-7,10,15-16,20,24H,5,8-9,11H2,1-3H3,(H,22,23)/t15-,16-,20-/m1/s1. The van der Waals surface area contributed by atoms with Gasteiger partial charge >= 0.3 is 0 Å². The van der Waals surface area contributed by atoms with E-state index in [2.05, 4.69) is 10.3 Å². The molecule has 26 heavy (non-hydrogen) atoms. The summed E-state index contributed by atoms with van der Waals surface area (Å²) in [6.45, 7) is 3.80. The van der Waals surface area contributed by atoms with Crippen molar-refractivity contribution in [2.45, 2.75) is 51.4 Å². The number of fused-ring (bicyclic) bond motifs is 1. The van der Waals surface area contributed by atoms with Gasteiger partial charge in [-0.15, -0.1) is 0 Å². The van der Waals surface area contributed by atoms with E-state index in [1.165, 1.54) is 0 Å². The Hall–Kier alpha value is -2.18. The summed E-state index contributed by atoms with van der Waals surface area (Å²) in [6, 6.07) is 7.43. The molecule has 2 N–H and O–H groups in total. The molecule has 3 rings (SSSR count). The molecule has 0 saturated heterocycles. The molecule has 6 heteroatoms. The number of amides is 1. The molecule has 0 radical (unpaired) electrons. The molecule has 140 valence electrons. The van der Waals surface area contributed by atoms with Crippen molar-refractivity contribution < 1.29 is 19.4 Å². The Bertz CT molecular complexity index is 793. The Morgan fingerprint density at radius 3 is 2.92 bits per heavy atom. The molecule has 3 atom stereocenters. The Morgan fingerprint density at radius 2 is 2.15 bits per heavy atom. The number of aliphatic hydroxyl groups excluding tert-OH is 1. The van der Waals surface area contributed by atoms with Crippen LogP contribution in [0.1, 0.15) is 30.5 Å². The van der Waals surface area contributed by atoms with E-state index in [9.17, 15) is 9.90 Å². The van der Waals surface area contributed by atoms with Gasteiger partial charge in [-0.05, 0) is 44.7 Å². The van der Waals surface area contributed by atoms with Gasteiger partial charge in [0.25, 0.3) is 5.91 Å². The van der Waals surface area contributed by atoms with Crippen LogP contribution in [0.4, 0.5) is 0 Å². The number of aliphatic hydroxyl groups is 1. The molecule has 1 aromatic heterocycles. The molecule has 1 amide bonds. The highest BCUT2D eigenvalue weighted by atomic mass is 16.5. The zero-order valence-corrected chi connectivity index (χ0v) is 15.5. The number of methoxy groups -OCH3 is 1. The largest absolute Gasteiger partial charge is 0.483 e. The quantitative estimate of drug-likeness (QED) is 0.857. The third kappa shape index (κ3) is 3.97. The van der Waals surface area contributed by atoms with Gasteiger partial charge in [-0.1, -0.05) is 12.1 Å². The van der Waals surface area contributed by atoms with Crippen molar-refractivity contribution in [2.24, 2.45) is 0 Å². The Balaban J connectivity index is 1.67. The number of para-hydroxylation sites is 1. The number of benzene rings is 1. The van der Waals surface area contributed by atoms with Crippen LogP contribution in [-0.2, 0) is 9.53 Å². The van der Waals surface area contributed by atoms with E-state index in [4.69, 9.17) is 9.47 Å². The first kappa shape index (κ1) is 18.6. The summed E-state index contributed by atoms with van der Waals surface area (Å²) in [5.41, 5.74) is 2.79. The molecule has 1 aliphatic carbocycles. The van der Waals surface area contributed by atoms with Gasteiger partial charge in [0.05, 0.1) is 17.7 Å². The molecule has 1 fully saturated rings. The number of ether oxygens (including phenoxy) is 2. The molecule has 0 aliphatic heterocycles. The topological polar surface area (TPSA) is 80.7 Å². The van der Waals surface area contributed by atoms with Crippen molar-refractivity contribution >= 4 is 16.8 Å². The number of nitrogens with one attached hydrogen (secondary N) is 1. The fraction of sp³-hybridized carbons (Fsp3) is 0.500. The number of aromatic nitrogens is 1. The lowest BCUT2D eigenvalue weighted by Gasteiger charge is -2.34. The van der Waals surface area contributed by atoms with Crippen LogP contribution < -0.4 is 10.1 Å². The number of hydrogen-bond donors (Lipinski definition) is 2. The minimum absolute atomic E-state index is 0.104. The summed E-state index contributed by atoms with van der Waals surface area (Å²) in [5.74, 6) is 0.395. The summed E-state index contributed by atoms with van der Waals surface area (Å²) in [5, 5.41) is 14.0. The number of carbonyl (C=O) groups is 1. The molecular formula is C20H26N2O4. The highest BCUT2D eigenvalue weighted by Crippen LogP contribution is 2.27. The molecular weight excluding hydrogens is 332 g/mol. The zero-order valence-electron chi connectivity index (χ0n) is 15.5. The Morgan fingerprint density at radius 1 is 1.35 bits per heavy atom. The second kappa shape index (κ2) is 8.01. The van der Waals surface area contributed by atoms with E-state index >= 15 is 0 Å². The van der Waals surface area contributed by atoms with Crippen LogP contribution in [0.15, 0.2) is 24.3 Å². The molecule has 2 aromatic rings. The first-order chi connectivity index (χ1) is 12.5. The third-order valence-corrected chi connectivity index (χ3v) is 4.94. The molecule has 0 unspecified atom stereocenters. The fourth-order valence-corrected chi connectivity index (χ4v) is 3.55. The lowest BCUT2D eigenvalue weighted by atomic mass is 9.90. The van der Waals surface area contributed by atoms with Crippen LogP contribution >= 0.6 is 0 Å². The highest BCUT2D eigenvalue weighted by Gasteiger charge is 2.32. The van der Waals surface area contributed by atoms with Gasteiger partial charge in [-0.25, -0.2) is 0 Å². The summed E-state index contributed by atoms with van der Waals surface area (Å²) in [4.78, 5) is 16.9. The second-order valence-corrected chi connectivity index (χ2v) is 6.89. The minimum Gasteiger partial charge on any atom is -0.483 e. The van der Waals surface area contributed by atoms with Gasteiger partial charge in [0.1, 0.15) is 11.9 Å². The van der Waals surface area contributed by atoms with Crippen molar-refractivity contribution in [1.82, 2.24) is 10.3 Å². The first-order valence-electron chi connectivity index (χ1n) is 8.99. The predicted molar refractivity (Wildman–Crippen MR) is 99.3 cm³/mol. The average Bonchev–Trinajstić information content (AvgIpc) is 2.62. The van der Waals surface area contributed by atoms with Gasteiger partial charge in [0.2, 0.25) is 0 Å². The van der Waals surface area contributed by atoms with Crippen LogP contribution in [0.5, 0.6) is 5.75 Å². The third-order valence-electron chi connectivity index (χ3n) is 4.94. The first-order valence-corrected chi connectivity index (χ1v) is 8.99. The van der Waals surface area contributed by atoms with Crippen molar-refractivity contribution in [3.05, 3.63) is 35.5 Å². The maximum absolute atomic E-state index is 12.3. The van der Waals surface area contributed by atoms with Gasteiger partial charge in [0.15, 0.2) is 6.61 Å². The second-order valence-electron chi connectivity index (χ2n) is 6.89. The molecule has 1 aromatic carbocycles.